The Bertz CT molecular complexity index is 758. The fraction of sp³-hybridized carbons (Fsp3) is 0.167. The highest BCUT2D eigenvalue weighted by Crippen LogP contribution is 2.25. The predicted molar refractivity (Wildman–Crippen MR) is 90.5 cm³/mol. The van der Waals surface area contributed by atoms with Crippen LogP contribution in [0.25, 0.3) is 0 Å². The van der Waals surface area contributed by atoms with Crippen LogP contribution >= 0.6 is 0 Å². The van der Waals surface area contributed by atoms with Crippen LogP contribution in [0.5, 0.6) is 0 Å². The van der Waals surface area contributed by atoms with Crippen molar-refractivity contribution in [3.63, 3.8) is 0 Å². The van der Waals surface area contributed by atoms with E-state index in [4.69, 9.17) is 0 Å². The minimum absolute atomic E-state index is 0.0868. The van der Waals surface area contributed by atoms with E-state index in [1.807, 2.05) is 30.3 Å². The number of hydrogen-bond acceptors (Lipinski definition) is 4. The van der Waals surface area contributed by atoms with E-state index in [0.29, 0.717) is 22.9 Å². The minimum atomic E-state index is -0.0868. The van der Waals surface area contributed by atoms with Crippen LogP contribution in [-0.2, 0) is 0 Å². The number of Topliss-reactive ketones (excluding diaryl/α,β-unsaturated/α-hetero) is 1. The maximum Gasteiger partial charge on any atom is 0.215 e. The molecule has 4 heteroatoms. The summed E-state index contributed by atoms with van der Waals surface area (Å²) >= 11 is 0. The number of nitrogens with zero attached hydrogens (tertiary/aromatic N) is 2. The SMILES string of the molecule is CC(C)c1ccc(N/N=C/C2=Nc3ccccc3C2=O)cc1. The molecule has 0 fully saturated rings. The van der Waals surface area contributed by atoms with E-state index < -0.39 is 0 Å². The van der Waals surface area contributed by atoms with E-state index in [9.17, 15) is 4.79 Å². The van der Waals surface area contributed by atoms with Crippen LogP contribution in [-0.4, -0.2) is 17.7 Å². The van der Waals surface area contributed by atoms with Crippen molar-refractivity contribution in [1.82, 2.24) is 0 Å². The third kappa shape index (κ3) is 2.81. The predicted octanol–water partition coefficient (Wildman–Crippen LogP) is 4.18. The van der Waals surface area contributed by atoms with Gasteiger partial charge in [0.25, 0.3) is 0 Å². The van der Waals surface area contributed by atoms with E-state index in [1.54, 1.807) is 6.07 Å². The number of hydrogen-bond donors (Lipinski definition) is 1. The fourth-order valence-corrected chi connectivity index (χ4v) is 2.28. The van der Waals surface area contributed by atoms with Crippen molar-refractivity contribution in [3.05, 3.63) is 59.7 Å². The number of ketones is 1. The van der Waals surface area contributed by atoms with Crippen LogP contribution in [0.3, 0.4) is 0 Å². The van der Waals surface area contributed by atoms with Gasteiger partial charge in [-0.25, -0.2) is 4.99 Å². The summed E-state index contributed by atoms with van der Waals surface area (Å²) < 4.78 is 0. The van der Waals surface area contributed by atoms with Crippen LogP contribution < -0.4 is 5.43 Å². The van der Waals surface area contributed by atoms with Crippen LogP contribution in [0.1, 0.15) is 35.7 Å². The molecule has 2 aromatic carbocycles. The number of carbonyl (C=O) groups is 1. The summed E-state index contributed by atoms with van der Waals surface area (Å²) in [5.74, 6) is 0.415. The normalized spacial score (nSPS) is 13.6. The molecule has 0 spiro atoms. The Hall–Kier alpha value is -2.75. The first-order valence-electron chi connectivity index (χ1n) is 7.26. The van der Waals surface area contributed by atoms with Crippen molar-refractivity contribution < 1.29 is 4.79 Å². The zero-order valence-electron chi connectivity index (χ0n) is 12.6. The first-order valence-corrected chi connectivity index (χ1v) is 7.26. The molecule has 0 radical (unpaired) electrons. The van der Waals surface area contributed by atoms with Gasteiger partial charge < -0.3 is 0 Å². The molecule has 1 aliphatic rings. The zero-order valence-corrected chi connectivity index (χ0v) is 12.6. The second-order valence-electron chi connectivity index (χ2n) is 5.49. The van der Waals surface area contributed by atoms with Gasteiger partial charge in [0.2, 0.25) is 5.78 Å². The molecule has 1 heterocycles. The van der Waals surface area contributed by atoms with Gasteiger partial charge in [-0.2, -0.15) is 5.10 Å². The monoisotopic (exact) mass is 291 g/mol. The van der Waals surface area contributed by atoms with Crippen LogP contribution in [0.15, 0.2) is 58.6 Å². The summed E-state index contributed by atoms with van der Waals surface area (Å²) in [5, 5.41) is 4.10. The van der Waals surface area contributed by atoms with Crippen molar-refractivity contribution in [1.29, 1.82) is 0 Å². The molecule has 4 nitrogen and oxygen atoms in total. The number of anilines is 1. The smallest absolute Gasteiger partial charge is 0.215 e. The van der Waals surface area contributed by atoms with E-state index in [2.05, 4.69) is 41.5 Å². The molecule has 0 unspecified atom stereocenters. The number of hydrazone groups is 1. The summed E-state index contributed by atoms with van der Waals surface area (Å²) in [7, 11) is 0. The first kappa shape index (κ1) is 14.2. The van der Waals surface area contributed by atoms with E-state index in [-0.39, 0.29) is 5.78 Å². The third-order valence-corrected chi connectivity index (χ3v) is 3.58. The molecule has 0 bridgehead atoms. The van der Waals surface area contributed by atoms with Gasteiger partial charge >= 0.3 is 0 Å². The number of carbonyl (C=O) groups excluding carboxylic acids is 1. The minimum Gasteiger partial charge on any atom is -0.287 e. The Kier molecular flexibility index (Phi) is 3.83. The van der Waals surface area contributed by atoms with E-state index >= 15 is 0 Å². The number of benzene rings is 2. The van der Waals surface area contributed by atoms with Gasteiger partial charge in [0, 0.05) is 5.56 Å². The van der Waals surface area contributed by atoms with E-state index in [0.717, 1.165) is 5.69 Å². The Balaban J connectivity index is 1.67. The summed E-state index contributed by atoms with van der Waals surface area (Å²) in [6, 6.07) is 15.4. The van der Waals surface area contributed by atoms with Crippen molar-refractivity contribution in [2.24, 2.45) is 10.1 Å². The van der Waals surface area contributed by atoms with Gasteiger partial charge in [-0.3, -0.25) is 10.2 Å². The van der Waals surface area contributed by atoms with Crippen molar-refractivity contribution in [2.75, 3.05) is 5.43 Å². The maximum atomic E-state index is 12.1. The fourth-order valence-electron chi connectivity index (χ4n) is 2.28. The number of para-hydroxylation sites is 1. The third-order valence-electron chi connectivity index (χ3n) is 3.58. The lowest BCUT2D eigenvalue weighted by molar-refractivity contribution is 0.107. The molecular formula is C18H17N3O. The lowest BCUT2D eigenvalue weighted by Crippen LogP contribution is -2.11. The molecule has 0 atom stereocenters. The van der Waals surface area contributed by atoms with Gasteiger partial charge in [-0.15, -0.1) is 0 Å². The molecule has 0 saturated carbocycles. The molecule has 1 N–H and O–H groups in total. The van der Waals surface area contributed by atoms with Gasteiger partial charge in [0.15, 0.2) is 0 Å². The first-order chi connectivity index (χ1) is 10.6. The second kappa shape index (κ2) is 5.93. The largest absolute Gasteiger partial charge is 0.287 e. The van der Waals surface area contributed by atoms with Crippen LogP contribution in [0.2, 0.25) is 0 Å². The molecule has 110 valence electrons. The van der Waals surface area contributed by atoms with Gasteiger partial charge in [-0.1, -0.05) is 38.1 Å². The highest BCUT2D eigenvalue weighted by molar-refractivity contribution is 6.67. The highest BCUT2D eigenvalue weighted by atomic mass is 16.1. The number of fused-ring (bicyclic) bond motifs is 1. The molecule has 2 aromatic rings. The summed E-state index contributed by atoms with van der Waals surface area (Å²) in [5.41, 5.74) is 6.77. The highest BCUT2D eigenvalue weighted by Gasteiger charge is 2.22. The zero-order chi connectivity index (χ0) is 15.5. The number of rotatable bonds is 4. The summed E-state index contributed by atoms with van der Waals surface area (Å²) in [4.78, 5) is 16.4. The topological polar surface area (TPSA) is 53.8 Å². The van der Waals surface area contributed by atoms with Crippen molar-refractivity contribution >= 4 is 29.1 Å². The van der Waals surface area contributed by atoms with Crippen LogP contribution in [0.4, 0.5) is 11.4 Å². The Morgan fingerprint density at radius 3 is 2.50 bits per heavy atom. The van der Waals surface area contributed by atoms with Crippen molar-refractivity contribution in [3.8, 4) is 0 Å². The number of aliphatic imine (C=N–C) groups is 1. The molecule has 0 saturated heterocycles. The molecule has 0 aromatic heterocycles. The van der Waals surface area contributed by atoms with Crippen molar-refractivity contribution in [2.45, 2.75) is 19.8 Å². The lowest BCUT2D eigenvalue weighted by Gasteiger charge is -2.06. The summed E-state index contributed by atoms with van der Waals surface area (Å²) in [6.07, 6.45) is 1.47. The van der Waals surface area contributed by atoms with Gasteiger partial charge in [0.05, 0.1) is 17.6 Å². The average Bonchev–Trinajstić information content (AvgIpc) is 2.85. The van der Waals surface area contributed by atoms with E-state index in [1.165, 1.54) is 11.8 Å². The second-order valence-corrected chi connectivity index (χ2v) is 5.49. The molecule has 3 rings (SSSR count). The van der Waals surface area contributed by atoms with Crippen LogP contribution in [0, 0.1) is 0 Å². The average molecular weight is 291 g/mol. The molecule has 0 amide bonds. The lowest BCUT2D eigenvalue weighted by atomic mass is 10.0. The Labute approximate surface area is 129 Å². The summed E-state index contributed by atoms with van der Waals surface area (Å²) in [6.45, 7) is 4.31. The number of nitrogens with one attached hydrogen (secondary N) is 1. The standard InChI is InChI=1S/C18H17N3O/c1-12(2)13-7-9-14(10-8-13)21-19-11-17-18(22)15-5-3-4-6-16(15)20-17/h3-12,21H,1-2H3/b19-11+. The molecule has 0 aliphatic carbocycles. The molecular weight excluding hydrogens is 274 g/mol. The van der Waals surface area contributed by atoms with Gasteiger partial charge in [0.1, 0.15) is 5.71 Å². The van der Waals surface area contributed by atoms with Gasteiger partial charge in [-0.05, 0) is 35.7 Å². The maximum absolute atomic E-state index is 12.1. The molecule has 22 heavy (non-hydrogen) atoms. The quantitative estimate of drug-likeness (QED) is 0.678. The Morgan fingerprint density at radius 2 is 1.82 bits per heavy atom. The molecule has 1 aliphatic heterocycles. The Morgan fingerprint density at radius 1 is 1.09 bits per heavy atom.